The van der Waals surface area contributed by atoms with Crippen LogP contribution in [0, 0.1) is 0 Å². The number of halogens is 2. The highest BCUT2D eigenvalue weighted by Crippen LogP contribution is 2.18. The Bertz CT molecular complexity index is 566. The van der Waals surface area contributed by atoms with E-state index < -0.39 is 6.10 Å². The van der Waals surface area contributed by atoms with E-state index in [4.69, 9.17) is 4.74 Å². The van der Waals surface area contributed by atoms with Crippen molar-refractivity contribution in [2.24, 2.45) is 0 Å². The van der Waals surface area contributed by atoms with Gasteiger partial charge < -0.3 is 25.4 Å². The van der Waals surface area contributed by atoms with Gasteiger partial charge in [-0.2, -0.15) is 0 Å². The Morgan fingerprint density at radius 1 is 1.35 bits per heavy atom. The lowest BCUT2D eigenvalue weighted by Gasteiger charge is -2.36. The number of rotatable bonds is 4. The smallest absolute Gasteiger partial charge is 0.237 e. The van der Waals surface area contributed by atoms with E-state index >= 15 is 0 Å². The topological polar surface area (TPSA) is 86.7 Å². The van der Waals surface area contributed by atoms with Gasteiger partial charge in [0.15, 0.2) is 0 Å². The molecule has 0 radical (unpaired) electrons. The van der Waals surface area contributed by atoms with Crippen molar-refractivity contribution < 1.29 is 14.6 Å². The number of ether oxygens (including phenoxy) is 1. The van der Waals surface area contributed by atoms with E-state index in [2.05, 4.69) is 34.4 Å². The highest BCUT2D eigenvalue weighted by atomic mass is 35.5. The molecule has 2 aliphatic rings. The third-order valence-electron chi connectivity index (χ3n) is 4.44. The van der Waals surface area contributed by atoms with Crippen LogP contribution in [0.4, 0.5) is 5.82 Å². The molecule has 0 spiro atoms. The number of carbonyl (C=O) groups is 1. The maximum Gasteiger partial charge on any atom is 0.237 e. The lowest BCUT2D eigenvalue weighted by atomic mass is 10.2. The van der Waals surface area contributed by atoms with Crippen LogP contribution in [0.1, 0.15) is 25.8 Å². The van der Waals surface area contributed by atoms with Crippen LogP contribution in [0.3, 0.4) is 0 Å². The second-order valence-electron chi connectivity index (χ2n) is 6.76. The predicted molar refractivity (Wildman–Crippen MR) is 105 cm³/mol. The summed E-state index contributed by atoms with van der Waals surface area (Å²) in [6.45, 7) is 6.73. The molecule has 1 amide bonds. The first-order valence-electron chi connectivity index (χ1n) is 8.55. The van der Waals surface area contributed by atoms with Crippen molar-refractivity contribution in [3.63, 3.8) is 0 Å². The first-order chi connectivity index (χ1) is 11.5. The highest BCUT2D eigenvalue weighted by molar-refractivity contribution is 5.85. The minimum atomic E-state index is -0.431. The molecule has 9 heteroatoms. The molecule has 0 aliphatic carbocycles. The minimum Gasteiger partial charge on any atom is -0.392 e. The summed E-state index contributed by atoms with van der Waals surface area (Å²) in [6.07, 6.45) is 2.24. The van der Waals surface area contributed by atoms with Crippen LogP contribution in [-0.2, 0) is 16.1 Å². The second-order valence-corrected chi connectivity index (χ2v) is 6.76. The number of carbonyl (C=O) groups excluding carboxylic acids is 1. The third-order valence-corrected chi connectivity index (χ3v) is 4.44. The molecule has 4 atom stereocenters. The zero-order valence-electron chi connectivity index (χ0n) is 15.1. The van der Waals surface area contributed by atoms with Crippen LogP contribution in [0.5, 0.6) is 0 Å². The van der Waals surface area contributed by atoms with Gasteiger partial charge in [0.2, 0.25) is 5.91 Å². The molecule has 1 aromatic heterocycles. The molecule has 3 N–H and O–H groups in total. The van der Waals surface area contributed by atoms with E-state index in [1.165, 1.54) is 0 Å². The standard InChI is InChI=1S/C17H26N4O3.2ClH/c1-11-9-21(10-12(2)24-11)16-4-3-13(6-19-16)7-20-17(23)15-5-14(22)8-18-15;;/h3-4,6,11-12,14-15,18,22H,5,7-10H2,1-2H3,(H,20,23);2*1H. The number of aliphatic hydroxyl groups excluding tert-OH is 1. The first-order valence-corrected chi connectivity index (χ1v) is 8.55. The van der Waals surface area contributed by atoms with Crippen molar-refractivity contribution in [3.05, 3.63) is 23.9 Å². The van der Waals surface area contributed by atoms with E-state index in [1.807, 2.05) is 12.1 Å². The fraction of sp³-hybridized carbons (Fsp3) is 0.647. The van der Waals surface area contributed by atoms with Gasteiger partial charge >= 0.3 is 0 Å². The molecule has 2 fully saturated rings. The van der Waals surface area contributed by atoms with Crippen molar-refractivity contribution in [3.8, 4) is 0 Å². The quantitative estimate of drug-likeness (QED) is 0.687. The van der Waals surface area contributed by atoms with Crippen molar-refractivity contribution >= 4 is 36.5 Å². The van der Waals surface area contributed by atoms with Crippen LogP contribution in [-0.4, -0.2) is 60.0 Å². The molecule has 2 aliphatic heterocycles. The molecule has 4 unspecified atom stereocenters. The molecule has 26 heavy (non-hydrogen) atoms. The molecular formula is C17H28Cl2N4O3. The van der Waals surface area contributed by atoms with Crippen LogP contribution >= 0.6 is 24.8 Å². The van der Waals surface area contributed by atoms with Crippen LogP contribution < -0.4 is 15.5 Å². The fourth-order valence-electron chi connectivity index (χ4n) is 3.30. The first kappa shape index (κ1) is 22.9. The number of amides is 1. The average molecular weight is 407 g/mol. The summed E-state index contributed by atoms with van der Waals surface area (Å²) in [4.78, 5) is 18.8. The number of nitrogens with one attached hydrogen (secondary N) is 2. The van der Waals surface area contributed by atoms with Crippen LogP contribution in [0.25, 0.3) is 0 Å². The van der Waals surface area contributed by atoms with Crippen molar-refractivity contribution in [2.45, 2.75) is 51.2 Å². The predicted octanol–water partition coefficient (Wildman–Crippen LogP) is 0.878. The Balaban J connectivity index is 0.00000169. The summed E-state index contributed by atoms with van der Waals surface area (Å²) in [5.74, 6) is 0.860. The van der Waals surface area contributed by atoms with Gasteiger partial charge in [0, 0.05) is 32.4 Å². The van der Waals surface area contributed by atoms with E-state index in [1.54, 1.807) is 6.20 Å². The molecule has 148 valence electrons. The number of anilines is 1. The van der Waals surface area contributed by atoms with E-state index in [-0.39, 0.29) is 49.0 Å². The number of aliphatic hydroxyl groups is 1. The highest BCUT2D eigenvalue weighted by Gasteiger charge is 2.27. The van der Waals surface area contributed by atoms with Gasteiger partial charge in [-0.25, -0.2) is 4.98 Å². The zero-order chi connectivity index (χ0) is 17.1. The van der Waals surface area contributed by atoms with Gasteiger partial charge in [-0.05, 0) is 31.9 Å². The Kier molecular flexibility index (Phi) is 9.06. The van der Waals surface area contributed by atoms with Crippen molar-refractivity contribution in [2.75, 3.05) is 24.5 Å². The Hall–Kier alpha value is -1.12. The van der Waals surface area contributed by atoms with Crippen LogP contribution in [0.15, 0.2) is 18.3 Å². The van der Waals surface area contributed by atoms with E-state index in [0.29, 0.717) is 19.5 Å². The maximum atomic E-state index is 12.0. The summed E-state index contributed by atoms with van der Waals surface area (Å²) in [7, 11) is 0. The number of hydrogen-bond acceptors (Lipinski definition) is 6. The zero-order valence-corrected chi connectivity index (χ0v) is 16.7. The summed E-state index contributed by atoms with van der Waals surface area (Å²) in [5, 5.41) is 15.4. The Morgan fingerprint density at radius 2 is 2.04 bits per heavy atom. The minimum absolute atomic E-state index is 0. The molecule has 0 bridgehead atoms. The summed E-state index contributed by atoms with van der Waals surface area (Å²) in [5.41, 5.74) is 0.958. The SMILES string of the molecule is CC1CN(c2ccc(CNC(=O)C3CC(O)CN3)cn2)CC(C)O1.Cl.Cl. The molecule has 3 heterocycles. The normalized spacial score (nSPS) is 28.0. The van der Waals surface area contributed by atoms with E-state index in [9.17, 15) is 9.90 Å². The number of aromatic nitrogens is 1. The number of pyridine rings is 1. The Morgan fingerprint density at radius 3 is 2.58 bits per heavy atom. The molecule has 0 saturated carbocycles. The van der Waals surface area contributed by atoms with Gasteiger partial charge in [0.25, 0.3) is 0 Å². The second kappa shape index (κ2) is 10.3. The molecule has 0 aromatic carbocycles. The van der Waals surface area contributed by atoms with Crippen LogP contribution in [0.2, 0.25) is 0 Å². The lowest BCUT2D eigenvalue weighted by Crippen LogP contribution is -2.45. The number of morpholine rings is 1. The molecule has 1 aromatic rings. The lowest BCUT2D eigenvalue weighted by molar-refractivity contribution is -0.123. The van der Waals surface area contributed by atoms with Crippen molar-refractivity contribution in [1.82, 2.24) is 15.6 Å². The maximum absolute atomic E-state index is 12.0. The largest absolute Gasteiger partial charge is 0.392 e. The van der Waals surface area contributed by atoms with Gasteiger partial charge in [-0.15, -0.1) is 24.8 Å². The van der Waals surface area contributed by atoms with Gasteiger partial charge in [0.05, 0.1) is 24.4 Å². The number of nitrogens with zero attached hydrogens (tertiary/aromatic N) is 2. The summed E-state index contributed by atoms with van der Waals surface area (Å²) < 4.78 is 5.74. The number of hydrogen-bond donors (Lipinski definition) is 3. The molecule has 3 rings (SSSR count). The summed E-state index contributed by atoms with van der Waals surface area (Å²) in [6, 6.07) is 3.68. The molecule has 7 nitrogen and oxygen atoms in total. The number of β-amino-alcohol motifs (C(OH)–C–C–N with tert-alkyl or cyclic N) is 1. The van der Waals surface area contributed by atoms with Gasteiger partial charge in [-0.1, -0.05) is 6.07 Å². The molecular weight excluding hydrogens is 379 g/mol. The monoisotopic (exact) mass is 406 g/mol. The average Bonchev–Trinajstić information content (AvgIpc) is 2.99. The van der Waals surface area contributed by atoms with Gasteiger partial charge in [-0.3, -0.25) is 4.79 Å². The molecule has 2 saturated heterocycles. The summed E-state index contributed by atoms with van der Waals surface area (Å²) >= 11 is 0. The fourth-order valence-corrected chi connectivity index (χ4v) is 3.30. The van der Waals surface area contributed by atoms with E-state index in [0.717, 1.165) is 24.5 Å². The third kappa shape index (κ3) is 5.96. The van der Waals surface area contributed by atoms with Crippen molar-refractivity contribution in [1.29, 1.82) is 0 Å². The Labute approximate surface area is 166 Å². The van der Waals surface area contributed by atoms with Gasteiger partial charge in [0.1, 0.15) is 5.82 Å².